The number of carbonyl (C=O) groups is 1. The minimum atomic E-state index is -0.581. The average Bonchev–Trinajstić information content (AvgIpc) is 2.73. The standard InChI is InChI=1S/C17H15F2NO2/c1-10-11(2)22-17(21)20(10)12-7-8-14(16(19)9-12)13-5-3-4-6-15(13)18/h3-11H,1-2H3. The van der Waals surface area contributed by atoms with E-state index in [2.05, 4.69) is 0 Å². The molecule has 0 saturated carbocycles. The van der Waals surface area contributed by atoms with Gasteiger partial charge in [-0.05, 0) is 38.1 Å². The van der Waals surface area contributed by atoms with E-state index >= 15 is 0 Å². The molecule has 1 heterocycles. The highest BCUT2D eigenvalue weighted by molar-refractivity contribution is 5.91. The molecule has 0 radical (unpaired) electrons. The fourth-order valence-electron chi connectivity index (χ4n) is 2.58. The number of cyclic esters (lactones) is 1. The Hall–Kier alpha value is -2.43. The van der Waals surface area contributed by atoms with Crippen molar-refractivity contribution in [2.45, 2.75) is 26.0 Å². The second kappa shape index (κ2) is 5.40. The normalized spacial score (nSPS) is 21.1. The SMILES string of the molecule is CC1OC(=O)N(c2ccc(-c3ccccc3F)c(F)c2)C1C. The van der Waals surface area contributed by atoms with E-state index in [0.29, 0.717) is 5.69 Å². The van der Waals surface area contributed by atoms with Crippen LogP contribution in [-0.2, 0) is 4.74 Å². The molecule has 2 aromatic carbocycles. The van der Waals surface area contributed by atoms with E-state index < -0.39 is 17.7 Å². The molecule has 0 bridgehead atoms. The summed E-state index contributed by atoms with van der Waals surface area (Å²) in [6, 6.07) is 10.1. The van der Waals surface area contributed by atoms with Crippen molar-refractivity contribution in [2.75, 3.05) is 4.90 Å². The van der Waals surface area contributed by atoms with Crippen LogP contribution in [0.15, 0.2) is 42.5 Å². The molecular weight excluding hydrogens is 288 g/mol. The molecule has 114 valence electrons. The lowest BCUT2D eigenvalue weighted by atomic mass is 10.0. The lowest BCUT2D eigenvalue weighted by Gasteiger charge is -2.20. The van der Waals surface area contributed by atoms with Crippen molar-refractivity contribution in [1.82, 2.24) is 0 Å². The van der Waals surface area contributed by atoms with Gasteiger partial charge in [-0.3, -0.25) is 4.90 Å². The number of carbonyl (C=O) groups excluding carboxylic acids is 1. The predicted molar refractivity (Wildman–Crippen MR) is 79.7 cm³/mol. The first-order valence-electron chi connectivity index (χ1n) is 7.03. The molecule has 0 aromatic heterocycles. The largest absolute Gasteiger partial charge is 0.444 e. The Morgan fingerprint density at radius 2 is 1.68 bits per heavy atom. The third-order valence-corrected chi connectivity index (χ3v) is 3.96. The van der Waals surface area contributed by atoms with Crippen molar-refractivity contribution >= 4 is 11.8 Å². The molecule has 2 atom stereocenters. The quantitative estimate of drug-likeness (QED) is 0.824. The van der Waals surface area contributed by atoms with Crippen LogP contribution in [0.25, 0.3) is 11.1 Å². The zero-order valence-electron chi connectivity index (χ0n) is 12.2. The summed E-state index contributed by atoms with van der Waals surface area (Å²) in [7, 11) is 0. The summed E-state index contributed by atoms with van der Waals surface area (Å²) in [6.45, 7) is 3.62. The fourth-order valence-corrected chi connectivity index (χ4v) is 2.58. The monoisotopic (exact) mass is 303 g/mol. The smallest absolute Gasteiger partial charge is 0.415 e. The molecule has 5 heteroatoms. The molecule has 2 unspecified atom stereocenters. The lowest BCUT2D eigenvalue weighted by molar-refractivity contribution is 0.143. The van der Waals surface area contributed by atoms with Crippen molar-refractivity contribution in [3.63, 3.8) is 0 Å². The number of nitrogens with zero attached hydrogens (tertiary/aromatic N) is 1. The highest BCUT2D eigenvalue weighted by Gasteiger charge is 2.37. The van der Waals surface area contributed by atoms with Crippen LogP contribution in [0.2, 0.25) is 0 Å². The lowest BCUT2D eigenvalue weighted by Crippen LogP contribution is -2.33. The van der Waals surface area contributed by atoms with E-state index in [1.807, 2.05) is 6.92 Å². The molecular formula is C17H15F2NO2. The molecule has 1 aliphatic heterocycles. The second-order valence-corrected chi connectivity index (χ2v) is 5.34. The van der Waals surface area contributed by atoms with Crippen LogP contribution < -0.4 is 4.90 Å². The number of hydrogen-bond donors (Lipinski definition) is 0. The number of hydrogen-bond acceptors (Lipinski definition) is 2. The zero-order valence-corrected chi connectivity index (χ0v) is 12.2. The van der Waals surface area contributed by atoms with E-state index in [1.54, 1.807) is 25.1 Å². The van der Waals surface area contributed by atoms with Crippen molar-refractivity contribution in [3.8, 4) is 11.1 Å². The summed E-state index contributed by atoms with van der Waals surface area (Å²) in [4.78, 5) is 13.2. The summed E-state index contributed by atoms with van der Waals surface area (Å²) in [5, 5.41) is 0. The number of ether oxygens (including phenoxy) is 1. The minimum absolute atomic E-state index is 0.162. The zero-order chi connectivity index (χ0) is 15.9. The van der Waals surface area contributed by atoms with E-state index in [0.717, 1.165) is 0 Å². The van der Waals surface area contributed by atoms with Gasteiger partial charge >= 0.3 is 6.09 Å². The van der Waals surface area contributed by atoms with Gasteiger partial charge in [0.1, 0.15) is 17.7 Å². The summed E-state index contributed by atoms with van der Waals surface area (Å²) in [6.07, 6.45) is -0.764. The summed E-state index contributed by atoms with van der Waals surface area (Å²) in [5.74, 6) is -1.07. The molecule has 3 rings (SSSR count). The average molecular weight is 303 g/mol. The van der Waals surface area contributed by atoms with Crippen LogP contribution in [0, 0.1) is 11.6 Å². The Kier molecular flexibility index (Phi) is 3.56. The Morgan fingerprint density at radius 3 is 2.27 bits per heavy atom. The highest BCUT2D eigenvalue weighted by atomic mass is 19.1. The van der Waals surface area contributed by atoms with Gasteiger partial charge in [-0.2, -0.15) is 0 Å². The third-order valence-electron chi connectivity index (χ3n) is 3.96. The number of amides is 1. The molecule has 0 aliphatic carbocycles. The second-order valence-electron chi connectivity index (χ2n) is 5.34. The molecule has 2 aromatic rings. The molecule has 1 fully saturated rings. The van der Waals surface area contributed by atoms with E-state index in [4.69, 9.17) is 4.74 Å². The molecule has 0 spiro atoms. The molecule has 1 amide bonds. The van der Waals surface area contributed by atoms with Crippen LogP contribution >= 0.6 is 0 Å². The Balaban J connectivity index is 2.00. The van der Waals surface area contributed by atoms with Gasteiger partial charge in [0.05, 0.1) is 11.7 Å². The Morgan fingerprint density at radius 1 is 1.00 bits per heavy atom. The van der Waals surface area contributed by atoms with E-state index in [9.17, 15) is 13.6 Å². The molecule has 1 aliphatic rings. The van der Waals surface area contributed by atoms with Gasteiger partial charge in [-0.15, -0.1) is 0 Å². The van der Waals surface area contributed by atoms with Crippen molar-refractivity contribution in [3.05, 3.63) is 54.1 Å². The van der Waals surface area contributed by atoms with Crippen molar-refractivity contribution in [2.24, 2.45) is 0 Å². The van der Waals surface area contributed by atoms with Crippen LogP contribution in [0.4, 0.5) is 19.3 Å². The maximum atomic E-state index is 14.4. The third kappa shape index (κ3) is 2.32. The topological polar surface area (TPSA) is 29.5 Å². The Labute approximate surface area is 127 Å². The van der Waals surface area contributed by atoms with Crippen LogP contribution in [0.1, 0.15) is 13.8 Å². The van der Waals surface area contributed by atoms with E-state index in [-0.39, 0.29) is 23.3 Å². The first-order valence-corrected chi connectivity index (χ1v) is 7.03. The van der Waals surface area contributed by atoms with E-state index in [1.165, 1.54) is 29.2 Å². The van der Waals surface area contributed by atoms with Crippen molar-refractivity contribution < 1.29 is 18.3 Å². The molecule has 3 nitrogen and oxygen atoms in total. The number of benzene rings is 2. The first-order chi connectivity index (χ1) is 10.5. The van der Waals surface area contributed by atoms with Gasteiger partial charge in [-0.1, -0.05) is 18.2 Å². The number of halogens is 2. The maximum absolute atomic E-state index is 14.4. The van der Waals surface area contributed by atoms with Gasteiger partial charge in [-0.25, -0.2) is 13.6 Å². The van der Waals surface area contributed by atoms with Gasteiger partial charge in [0.15, 0.2) is 0 Å². The van der Waals surface area contributed by atoms with Gasteiger partial charge in [0, 0.05) is 11.1 Å². The van der Waals surface area contributed by atoms with Crippen LogP contribution in [0.3, 0.4) is 0 Å². The highest BCUT2D eigenvalue weighted by Crippen LogP contribution is 2.32. The van der Waals surface area contributed by atoms with Crippen LogP contribution in [-0.4, -0.2) is 18.2 Å². The number of rotatable bonds is 2. The molecule has 22 heavy (non-hydrogen) atoms. The van der Waals surface area contributed by atoms with Crippen molar-refractivity contribution in [1.29, 1.82) is 0 Å². The number of anilines is 1. The first kappa shape index (κ1) is 14.5. The van der Waals surface area contributed by atoms with Gasteiger partial charge in [0.2, 0.25) is 0 Å². The van der Waals surface area contributed by atoms with Gasteiger partial charge in [0.25, 0.3) is 0 Å². The molecule has 0 N–H and O–H groups in total. The maximum Gasteiger partial charge on any atom is 0.415 e. The van der Waals surface area contributed by atoms with Crippen LogP contribution in [0.5, 0.6) is 0 Å². The molecule has 1 saturated heterocycles. The summed E-state index contributed by atoms with van der Waals surface area (Å²) < 4.78 is 33.3. The summed E-state index contributed by atoms with van der Waals surface area (Å²) >= 11 is 0. The Bertz CT molecular complexity index is 732. The summed E-state index contributed by atoms with van der Waals surface area (Å²) in [5.41, 5.74) is 0.756. The minimum Gasteiger partial charge on any atom is -0.444 e. The predicted octanol–water partition coefficient (Wildman–Crippen LogP) is 4.37. The fraction of sp³-hybridized carbons (Fsp3) is 0.235. The van der Waals surface area contributed by atoms with Gasteiger partial charge < -0.3 is 4.74 Å².